The molecule has 2 aliphatic rings. The van der Waals surface area contributed by atoms with Gasteiger partial charge in [-0.3, -0.25) is 4.98 Å². The van der Waals surface area contributed by atoms with Crippen molar-refractivity contribution < 1.29 is 0 Å². The molecule has 2 aliphatic heterocycles. The minimum atomic E-state index is 0.636. The summed E-state index contributed by atoms with van der Waals surface area (Å²) in [5.41, 5.74) is 1.13. The summed E-state index contributed by atoms with van der Waals surface area (Å²) in [6.07, 6.45) is 7.40. The molecule has 0 spiro atoms. The van der Waals surface area contributed by atoms with Gasteiger partial charge in [-0.15, -0.1) is 0 Å². The van der Waals surface area contributed by atoms with Crippen molar-refractivity contribution in [2.24, 2.45) is 0 Å². The smallest absolute Gasteiger partial charge is 0.0822 e. The molecule has 3 nitrogen and oxygen atoms in total. The van der Waals surface area contributed by atoms with Gasteiger partial charge in [0.1, 0.15) is 0 Å². The second-order valence-electron chi connectivity index (χ2n) is 4.70. The van der Waals surface area contributed by atoms with E-state index in [4.69, 9.17) is 11.6 Å². The molecule has 0 saturated carbocycles. The lowest BCUT2D eigenvalue weighted by molar-refractivity contribution is 0.563. The molecule has 0 radical (unpaired) electrons. The van der Waals surface area contributed by atoms with E-state index in [2.05, 4.69) is 15.2 Å². The van der Waals surface area contributed by atoms with Gasteiger partial charge in [-0.25, -0.2) is 0 Å². The van der Waals surface area contributed by atoms with Crippen molar-refractivity contribution in [1.29, 1.82) is 0 Å². The maximum Gasteiger partial charge on any atom is 0.0822 e. The van der Waals surface area contributed by atoms with Crippen molar-refractivity contribution in [2.45, 2.75) is 31.3 Å². The number of nitrogens with zero attached hydrogens (tertiary/aromatic N) is 2. The second kappa shape index (κ2) is 4.22. The normalized spacial score (nSPS) is 29.2. The van der Waals surface area contributed by atoms with Crippen LogP contribution in [0.25, 0.3) is 0 Å². The van der Waals surface area contributed by atoms with Crippen LogP contribution in [0.4, 0.5) is 5.69 Å². The summed E-state index contributed by atoms with van der Waals surface area (Å²) in [5, 5.41) is 4.44. The molecule has 2 unspecified atom stereocenters. The molecule has 3 heterocycles. The highest BCUT2D eigenvalue weighted by atomic mass is 35.5. The zero-order valence-corrected chi connectivity index (χ0v) is 9.95. The molecule has 0 aromatic carbocycles. The van der Waals surface area contributed by atoms with Crippen molar-refractivity contribution >= 4 is 17.3 Å². The molecule has 2 saturated heterocycles. The van der Waals surface area contributed by atoms with Gasteiger partial charge in [0.25, 0.3) is 0 Å². The van der Waals surface area contributed by atoms with Crippen molar-refractivity contribution in [2.75, 3.05) is 18.0 Å². The predicted molar refractivity (Wildman–Crippen MR) is 66.0 cm³/mol. The number of hydrogen-bond donors (Lipinski definition) is 1. The third-order valence-corrected chi connectivity index (χ3v) is 3.91. The van der Waals surface area contributed by atoms with Gasteiger partial charge in [-0.05, 0) is 25.3 Å². The topological polar surface area (TPSA) is 28.2 Å². The third kappa shape index (κ3) is 1.89. The Kier molecular flexibility index (Phi) is 2.74. The van der Waals surface area contributed by atoms with E-state index in [0.717, 1.165) is 29.8 Å². The average Bonchev–Trinajstić information content (AvgIpc) is 2.60. The quantitative estimate of drug-likeness (QED) is 0.811. The highest BCUT2D eigenvalue weighted by molar-refractivity contribution is 6.33. The number of rotatable bonds is 1. The molecular formula is C12H16ClN3. The minimum Gasteiger partial charge on any atom is -0.369 e. The molecule has 1 N–H and O–H groups in total. The molecule has 0 aliphatic carbocycles. The molecule has 16 heavy (non-hydrogen) atoms. The van der Waals surface area contributed by atoms with Gasteiger partial charge in [0.2, 0.25) is 0 Å². The van der Waals surface area contributed by atoms with E-state index in [1.807, 2.05) is 12.3 Å². The fraction of sp³-hybridized carbons (Fsp3) is 0.583. The zero-order valence-electron chi connectivity index (χ0n) is 9.19. The fourth-order valence-electron chi connectivity index (χ4n) is 2.79. The Bertz CT molecular complexity index is 382. The zero-order chi connectivity index (χ0) is 11.0. The summed E-state index contributed by atoms with van der Waals surface area (Å²) in [5.74, 6) is 0. The maximum atomic E-state index is 6.19. The maximum absolute atomic E-state index is 6.19. The number of pyridine rings is 1. The summed E-state index contributed by atoms with van der Waals surface area (Å²) in [6, 6.07) is 3.37. The Labute approximate surface area is 101 Å². The van der Waals surface area contributed by atoms with Crippen LogP contribution in [0.2, 0.25) is 5.02 Å². The Morgan fingerprint density at radius 1 is 1.31 bits per heavy atom. The monoisotopic (exact) mass is 237 g/mol. The van der Waals surface area contributed by atoms with E-state index in [1.54, 1.807) is 6.20 Å². The molecule has 3 rings (SSSR count). The fourth-order valence-corrected chi connectivity index (χ4v) is 3.02. The van der Waals surface area contributed by atoms with Crippen molar-refractivity contribution in [3.05, 3.63) is 23.5 Å². The van der Waals surface area contributed by atoms with E-state index in [9.17, 15) is 0 Å². The molecular weight excluding hydrogens is 222 g/mol. The van der Waals surface area contributed by atoms with E-state index in [0.29, 0.717) is 6.04 Å². The van der Waals surface area contributed by atoms with Crippen LogP contribution < -0.4 is 10.2 Å². The van der Waals surface area contributed by atoms with Gasteiger partial charge in [-0.1, -0.05) is 11.6 Å². The first-order valence-corrected chi connectivity index (χ1v) is 6.31. The lowest BCUT2D eigenvalue weighted by atomic mass is 10.1. The lowest BCUT2D eigenvalue weighted by Crippen LogP contribution is -2.35. The summed E-state index contributed by atoms with van der Waals surface area (Å²) in [6.45, 7) is 2.16. The number of anilines is 1. The van der Waals surface area contributed by atoms with Crippen LogP contribution in [0.15, 0.2) is 18.5 Å². The van der Waals surface area contributed by atoms with Crippen molar-refractivity contribution in [3.8, 4) is 0 Å². The standard InChI is InChI=1S/C12H16ClN3/c13-11-7-14-5-3-12(11)16-6-4-9-1-2-10(8-16)15-9/h3,5,7,9-10,15H,1-2,4,6,8H2. The van der Waals surface area contributed by atoms with Crippen LogP contribution in [-0.2, 0) is 0 Å². The van der Waals surface area contributed by atoms with E-state index in [1.165, 1.54) is 19.3 Å². The molecule has 2 atom stereocenters. The summed E-state index contributed by atoms with van der Waals surface area (Å²) < 4.78 is 0. The van der Waals surface area contributed by atoms with E-state index in [-0.39, 0.29) is 0 Å². The number of hydrogen-bond acceptors (Lipinski definition) is 3. The molecule has 2 fully saturated rings. The van der Waals surface area contributed by atoms with Crippen LogP contribution in [0.5, 0.6) is 0 Å². The second-order valence-corrected chi connectivity index (χ2v) is 5.11. The van der Waals surface area contributed by atoms with Crippen molar-refractivity contribution in [3.63, 3.8) is 0 Å². The van der Waals surface area contributed by atoms with E-state index >= 15 is 0 Å². The predicted octanol–water partition coefficient (Wildman–Crippen LogP) is 2.07. The van der Waals surface area contributed by atoms with Crippen LogP contribution in [0, 0.1) is 0 Å². The number of nitrogens with one attached hydrogen (secondary N) is 1. The number of halogens is 1. The lowest BCUT2D eigenvalue weighted by Gasteiger charge is -2.26. The van der Waals surface area contributed by atoms with Gasteiger partial charge in [0, 0.05) is 37.6 Å². The van der Waals surface area contributed by atoms with Gasteiger partial charge >= 0.3 is 0 Å². The minimum absolute atomic E-state index is 0.636. The van der Waals surface area contributed by atoms with Crippen LogP contribution in [0.3, 0.4) is 0 Å². The van der Waals surface area contributed by atoms with Gasteiger partial charge in [0.15, 0.2) is 0 Å². The Balaban J connectivity index is 1.82. The SMILES string of the molecule is Clc1cnccc1N1CCC2CCC(C1)N2. The van der Waals surface area contributed by atoms with Crippen LogP contribution >= 0.6 is 11.6 Å². The molecule has 86 valence electrons. The molecule has 1 aromatic heterocycles. The van der Waals surface area contributed by atoms with E-state index < -0.39 is 0 Å². The Hall–Kier alpha value is -0.800. The van der Waals surface area contributed by atoms with Crippen LogP contribution in [0.1, 0.15) is 19.3 Å². The Morgan fingerprint density at radius 3 is 3.06 bits per heavy atom. The molecule has 4 heteroatoms. The molecule has 2 bridgehead atoms. The highest BCUT2D eigenvalue weighted by Gasteiger charge is 2.29. The highest BCUT2D eigenvalue weighted by Crippen LogP contribution is 2.28. The third-order valence-electron chi connectivity index (χ3n) is 3.61. The van der Waals surface area contributed by atoms with Gasteiger partial charge in [0.05, 0.1) is 10.7 Å². The first kappa shape index (κ1) is 10.4. The molecule has 0 amide bonds. The van der Waals surface area contributed by atoms with Crippen LogP contribution in [-0.4, -0.2) is 30.2 Å². The van der Waals surface area contributed by atoms with Crippen molar-refractivity contribution in [1.82, 2.24) is 10.3 Å². The largest absolute Gasteiger partial charge is 0.369 e. The summed E-state index contributed by atoms with van der Waals surface area (Å²) in [4.78, 5) is 6.43. The van der Waals surface area contributed by atoms with Gasteiger partial charge < -0.3 is 10.2 Å². The first-order valence-electron chi connectivity index (χ1n) is 5.93. The number of fused-ring (bicyclic) bond motifs is 2. The average molecular weight is 238 g/mol. The summed E-state index contributed by atoms with van der Waals surface area (Å²) >= 11 is 6.19. The summed E-state index contributed by atoms with van der Waals surface area (Å²) in [7, 11) is 0. The molecule has 1 aromatic rings. The first-order chi connectivity index (χ1) is 7.83. The Morgan fingerprint density at radius 2 is 2.19 bits per heavy atom. The van der Waals surface area contributed by atoms with Gasteiger partial charge in [-0.2, -0.15) is 0 Å². The number of aromatic nitrogens is 1.